The van der Waals surface area contributed by atoms with Crippen LogP contribution in [-0.4, -0.2) is 36.7 Å². The van der Waals surface area contributed by atoms with Gasteiger partial charge in [0.05, 0.1) is 11.6 Å². The Morgan fingerprint density at radius 1 is 0.975 bits per heavy atom. The van der Waals surface area contributed by atoms with E-state index in [1.54, 1.807) is 5.32 Å². The second-order valence-corrected chi connectivity index (χ2v) is 10.9. The first kappa shape index (κ1) is 31.4. The quantitative estimate of drug-likeness (QED) is 0.211. The molecule has 1 aromatic rings. The predicted molar refractivity (Wildman–Crippen MR) is 144 cm³/mol. The minimum Gasteiger partial charge on any atom is -0.436 e. The standard InChI is InChI=1S/C29H39F4N3O4/c1-3-17-14-22(21(30)15-20(17)16(2)27(37)36-26(33)25(31)32)35-28(38)24(40-29(34)39)23(18-10-6-4-7-11-18)19-12-8-5-9-13-19/h3,14-16,18-19,23-26H,1,4-13H2,2H3,(H2,34,39)(H,35,38)(H,36,37)/t16?,24-,26?/m0/s1. The minimum atomic E-state index is -3.41. The number of anilines is 1. The number of nitrogens with two attached hydrogens (primary N) is 1. The summed E-state index contributed by atoms with van der Waals surface area (Å²) in [7, 11) is 0. The normalized spacial score (nSPS) is 19.1. The largest absolute Gasteiger partial charge is 0.436 e. The van der Waals surface area contributed by atoms with Crippen molar-refractivity contribution in [2.45, 2.75) is 95.9 Å². The van der Waals surface area contributed by atoms with Gasteiger partial charge in [-0.2, -0.15) is 0 Å². The van der Waals surface area contributed by atoms with Gasteiger partial charge >= 0.3 is 6.09 Å². The molecule has 0 radical (unpaired) electrons. The molecule has 7 nitrogen and oxygen atoms in total. The van der Waals surface area contributed by atoms with Crippen LogP contribution in [0.5, 0.6) is 0 Å². The highest BCUT2D eigenvalue weighted by Crippen LogP contribution is 2.43. The van der Waals surface area contributed by atoms with Crippen molar-refractivity contribution in [3.63, 3.8) is 0 Å². The molecule has 0 heterocycles. The van der Waals surface area contributed by atoms with E-state index in [2.05, 4.69) is 11.9 Å². The number of halogens is 4. The number of nitrogens with one attached hydrogen (secondary N) is 2. The number of ether oxygens (including phenoxy) is 1. The summed E-state index contributed by atoms with van der Waals surface area (Å²) in [5, 5.41) is 4.10. The van der Waals surface area contributed by atoms with Crippen LogP contribution in [0.4, 0.5) is 28.0 Å². The van der Waals surface area contributed by atoms with E-state index in [0.29, 0.717) is 0 Å². The van der Waals surface area contributed by atoms with Gasteiger partial charge in [-0.1, -0.05) is 76.9 Å². The lowest BCUT2D eigenvalue weighted by Crippen LogP contribution is -2.46. The van der Waals surface area contributed by atoms with Gasteiger partial charge in [0.15, 0.2) is 6.10 Å². The van der Waals surface area contributed by atoms with Crippen LogP contribution < -0.4 is 16.4 Å². The molecule has 0 bridgehead atoms. The van der Waals surface area contributed by atoms with E-state index in [0.717, 1.165) is 70.3 Å². The van der Waals surface area contributed by atoms with Crippen LogP contribution in [0.3, 0.4) is 0 Å². The minimum absolute atomic E-state index is 0.0664. The SMILES string of the molecule is C=Cc1cc(NC(=O)[C@@H](OC(N)=O)C(C2CCCCC2)C2CCCCC2)c(F)cc1C(C)C(=O)NC(F)C(F)F. The first-order valence-corrected chi connectivity index (χ1v) is 14.0. The van der Waals surface area contributed by atoms with Crippen LogP contribution in [0.15, 0.2) is 18.7 Å². The molecule has 2 aliphatic carbocycles. The lowest BCUT2D eigenvalue weighted by molar-refractivity contribution is -0.130. The molecule has 3 atom stereocenters. The van der Waals surface area contributed by atoms with E-state index in [-0.39, 0.29) is 34.6 Å². The molecule has 40 heavy (non-hydrogen) atoms. The topological polar surface area (TPSA) is 111 Å². The number of rotatable bonds is 11. The molecule has 4 N–H and O–H groups in total. The molecule has 0 saturated heterocycles. The number of benzene rings is 1. The monoisotopic (exact) mass is 569 g/mol. The van der Waals surface area contributed by atoms with Crippen molar-refractivity contribution in [2.75, 3.05) is 5.32 Å². The van der Waals surface area contributed by atoms with Crippen molar-refractivity contribution in [3.8, 4) is 0 Å². The average Bonchev–Trinajstić information content (AvgIpc) is 2.93. The molecule has 0 aromatic heterocycles. The fraction of sp³-hybridized carbons (Fsp3) is 0.621. The molecule has 0 aliphatic heterocycles. The third kappa shape index (κ3) is 7.97. The van der Waals surface area contributed by atoms with Crippen molar-refractivity contribution in [1.29, 1.82) is 0 Å². The van der Waals surface area contributed by atoms with Gasteiger partial charge in [0.2, 0.25) is 12.2 Å². The molecule has 3 rings (SSSR count). The molecular weight excluding hydrogens is 530 g/mol. The second-order valence-electron chi connectivity index (χ2n) is 10.9. The number of carbonyl (C=O) groups is 3. The van der Waals surface area contributed by atoms with Crippen LogP contribution in [0.2, 0.25) is 0 Å². The van der Waals surface area contributed by atoms with Crippen molar-refractivity contribution in [1.82, 2.24) is 5.32 Å². The summed E-state index contributed by atoms with van der Waals surface area (Å²) in [6, 6.07) is 2.22. The Labute approximate surface area is 232 Å². The van der Waals surface area contributed by atoms with Gasteiger partial charge in [0, 0.05) is 5.92 Å². The van der Waals surface area contributed by atoms with Crippen LogP contribution >= 0.6 is 0 Å². The Bertz CT molecular complexity index is 1040. The molecule has 2 aliphatic rings. The maximum atomic E-state index is 15.3. The molecule has 11 heteroatoms. The van der Waals surface area contributed by atoms with Gasteiger partial charge < -0.3 is 21.1 Å². The van der Waals surface area contributed by atoms with Crippen molar-refractivity contribution >= 4 is 29.7 Å². The highest BCUT2D eigenvalue weighted by molar-refractivity contribution is 5.96. The number of amides is 3. The molecule has 2 saturated carbocycles. The Kier molecular flexibility index (Phi) is 11.4. The van der Waals surface area contributed by atoms with E-state index in [1.807, 2.05) is 0 Å². The first-order valence-electron chi connectivity index (χ1n) is 14.0. The van der Waals surface area contributed by atoms with Gasteiger partial charge in [-0.3, -0.25) is 9.59 Å². The number of alkyl halides is 3. The predicted octanol–water partition coefficient (Wildman–Crippen LogP) is 6.43. The molecule has 1 aromatic carbocycles. The number of hydrogen-bond acceptors (Lipinski definition) is 4. The summed E-state index contributed by atoms with van der Waals surface area (Å²) >= 11 is 0. The molecule has 3 amide bonds. The lowest BCUT2D eigenvalue weighted by Gasteiger charge is -2.41. The fourth-order valence-electron chi connectivity index (χ4n) is 6.27. The van der Waals surface area contributed by atoms with E-state index in [1.165, 1.54) is 19.1 Å². The van der Waals surface area contributed by atoms with E-state index >= 15 is 4.39 Å². The van der Waals surface area contributed by atoms with Crippen molar-refractivity contribution in [2.24, 2.45) is 23.5 Å². The lowest BCUT2D eigenvalue weighted by atomic mass is 9.67. The zero-order valence-electron chi connectivity index (χ0n) is 22.8. The van der Waals surface area contributed by atoms with Gasteiger partial charge in [-0.15, -0.1) is 0 Å². The molecule has 0 spiro atoms. The maximum absolute atomic E-state index is 15.3. The van der Waals surface area contributed by atoms with Gasteiger partial charge in [0.25, 0.3) is 12.3 Å². The number of hydrogen-bond donors (Lipinski definition) is 3. The van der Waals surface area contributed by atoms with Crippen molar-refractivity contribution in [3.05, 3.63) is 35.7 Å². The van der Waals surface area contributed by atoms with E-state index in [4.69, 9.17) is 10.5 Å². The van der Waals surface area contributed by atoms with E-state index in [9.17, 15) is 27.6 Å². The van der Waals surface area contributed by atoms with Gasteiger partial charge in [-0.05, 0) is 42.0 Å². The van der Waals surface area contributed by atoms with Crippen molar-refractivity contribution < 1.29 is 36.7 Å². The summed E-state index contributed by atoms with van der Waals surface area (Å²) in [5.74, 6) is -3.82. The molecule has 222 valence electrons. The van der Waals surface area contributed by atoms with Gasteiger partial charge in [0.1, 0.15) is 5.82 Å². The summed E-state index contributed by atoms with van der Waals surface area (Å²) in [6.07, 6.45) is 2.62. The maximum Gasteiger partial charge on any atom is 0.405 e. The first-order chi connectivity index (χ1) is 19.0. The fourth-order valence-corrected chi connectivity index (χ4v) is 6.27. The van der Waals surface area contributed by atoms with Crippen LogP contribution in [0.25, 0.3) is 6.08 Å². The van der Waals surface area contributed by atoms with Crippen LogP contribution in [-0.2, 0) is 14.3 Å². The number of primary amides is 1. The summed E-state index contributed by atoms with van der Waals surface area (Å²) < 4.78 is 59.1. The Balaban J connectivity index is 1.88. The zero-order valence-corrected chi connectivity index (χ0v) is 22.8. The zero-order chi connectivity index (χ0) is 29.4. The summed E-state index contributed by atoms with van der Waals surface area (Å²) in [6.45, 7) is 4.96. The summed E-state index contributed by atoms with van der Waals surface area (Å²) in [4.78, 5) is 37.8. The Hall–Kier alpha value is -3.11. The third-order valence-electron chi connectivity index (χ3n) is 8.25. The molecule has 2 unspecified atom stereocenters. The average molecular weight is 570 g/mol. The van der Waals surface area contributed by atoms with Crippen LogP contribution in [0, 0.1) is 23.6 Å². The van der Waals surface area contributed by atoms with Crippen LogP contribution in [0.1, 0.15) is 88.2 Å². The Morgan fingerprint density at radius 3 is 2.00 bits per heavy atom. The van der Waals surface area contributed by atoms with E-state index < -0.39 is 48.5 Å². The molecular formula is C29H39F4N3O4. The Morgan fingerprint density at radius 2 is 1.52 bits per heavy atom. The smallest absolute Gasteiger partial charge is 0.405 e. The summed E-state index contributed by atoms with van der Waals surface area (Å²) in [5.41, 5.74) is 5.45. The highest BCUT2D eigenvalue weighted by atomic mass is 19.3. The highest BCUT2D eigenvalue weighted by Gasteiger charge is 2.42. The number of carbonyl (C=O) groups excluding carboxylic acids is 3. The second kappa shape index (κ2) is 14.5. The molecule has 2 fully saturated rings. The third-order valence-corrected chi connectivity index (χ3v) is 8.25. The van der Waals surface area contributed by atoms with Gasteiger partial charge in [-0.25, -0.2) is 22.4 Å².